The number of rotatable bonds is 3. The second kappa shape index (κ2) is 6.50. The van der Waals surface area contributed by atoms with Gasteiger partial charge in [0.15, 0.2) is 0 Å². The number of amides is 2. The van der Waals surface area contributed by atoms with Gasteiger partial charge in [-0.1, -0.05) is 6.92 Å². The summed E-state index contributed by atoms with van der Waals surface area (Å²) in [6.45, 7) is 2.85. The minimum Gasteiger partial charge on any atom is -0.481 e. The van der Waals surface area contributed by atoms with Crippen molar-refractivity contribution in [3.05, 3.63) is 0 Å². The van der Waals surface area contributed by atoms with E-state index in [4.69, 9.17) is 5.11 Å². The minimum absolute atomic E-state index is 0.0431. The van der Waals surface area contributed by atoms with Gasteiger partial charge in [-0.2, -0.15) is 11.8 Å². The maximum atomic E-state index is 12.3. The van der Waals surface area contributed by atoms with Crippen LogP contribution in [0, 0.1) is 5.92 Å². The molecule has 0 spiro atoms. The molecule has 5 nitrogen and oxygen atoms in total. The number of thioether (sulfide) groups is 1. The number of hydrogen-bond donors (Lipinski definition) is 2. The first-order chi connectivity index (χ1) is 9.06. The highest BCUT2D eigenvalue weighted by Crippen LogP contribution is 2.25. The van der Waals surface area contributed by atoms with E-state index in [0.29, 0.717) is 12.5 Å². The van der Waals surface area contributed by atoms with Gasteiger partial charge in [0.05, 0.1) is 12.5 Å². The fourth-order valence-electron chi connectivity index (χ4n) is 2.89. The summed E-state index contributed by atoms with van der Waals surface area (Å²) in [5, 5.41) is 12.0. The van der Waals surface area contributed by atoms with Crippen LogP contribution in [0.1, 0.15) is 32.6 Å². The molecule has 3 atom stereocenters. The van der Waals surface area contributed by atoms with Crippen molar-refractivity contribution in [2.45, 2.75) is 44.7 Å². The molecule has 1 saturated carbocycles. The molecule has 2 fully saturated rings. The maximum Gasteiger partial charge on any atom is 0.317 e. The van der Waals surface area contributed by atoms with Crippen molar-refractivity contribution in [1.82, 2.24) is 10.2 Å². The van der Waals surface area contributed by atoms with E-state index in [1.165, 1.54) is 6.42 Å². The maximum absolute atomic E-state index is 12.3. The number of carbonyl (C=O) groups is 2. The van der Waals surface area contributed by atoms with E-state index in [0.717, 1.165) is 24.3 Å². The third-order valence-corrected chi connectivity index (χ3v) is 5.01. The van der Waals surface area contributed by atoms with Crippen molar-refractivity contribution in [2.24, 2.45) is 5.92 Å². The number of hydrogen-bond acceptors (Lipinski definition) is 3. The largest absolute Gasteiger partial charge is 0.481 e. The Morgan fingerprint density at radius 3 is 2.84 bits per heavy atom. The molecule has 1 aliphatic heterocycles. The molecule has 3 unspecified atom stereocenters. The molecule has 0 bridgehead atoms. The molecule has 0 aromatic carbocycles. The van der Waals surface area contributed by atoms with Crippen molar-refractivity contribution < 1.29 is 14.7 Å². The molecule has 2 aliphatic rings. The molecule has 1 aliphatic carbocycles. The predicted molar refractivity (Wildman–Crippen MR) is 75.4 cm³/mol. The van der Waals surface area contributed by atoms with E-state index < -0.39 is 5.97 Å². The number of carboxylic acids is 1. The molecular formula is C13H22N2O3S. The first kappa shape index (κ1) is 14.5. The van der Waals surface area contributed by atoms with Crippen molar-refractivity contribution in [1.29, 1.82) is 0 Å². The van der Waals surface area contributed by atoms with E-state index in [9.17, 15) is 9.59 Å². The van der Waals surface area contributed by atoms with Gasteiger partial charge in [-0.05, 0) is 25.2 Å². The van der Waals surface area contributed by atoms with Gasteiger partial charge in [0.25, 0.3) is 0 Å². The van der Waals surface area contributed by atoms with Crippen LogP contribution in [-0.4, -0.2) is 52.1 Å². The van der Waals surface area contributed by atoms with Crippen LogP contribution in [0.25, 0.3) is 0 Å². The first-order valence-electron chi connectivity index (χ1n) is 6.93. The van der Waals surface area contributed by atoms with Crippen LogP contribution in [0.5, 0.6) is 0 Å². The number of carboxylic acid groups (broad SMARTS) is 1. The lowest BCUT2D eigenvalue weighted by atomic mass is 10.1. The van der Waals surface area contributed by atoms with Gasteiger partial charge < -0.3 is 15.3 Å². The lowest BCUT2D eigenvalue weighted by Crippen LogP contribution is -2.53. The number of carbonyl (C=O) groups excluding carboxylic acids is 1. The van der Waals surface area contributed by atoms with E-state index in [1.807, 2.05) is 0 Å². The Morgan fingerprint density at radius 1 is 1.42 bits per heavy atom. The molecule has 0 radical (unpaired) electrons. The van der Waals surface area contributed by atoms with Gasteiger partial charge in [-0.15, -0.1) is 0 Å². The van der Waals surface area contributed by atoms with Gasteiger partial charge in [0.1, 0.15) is 0 Å². The van der Waals surface area contributed by atoms with Gasteiger partial charge in [0, 0.05) is 24.1 Å². The summed E-state index contributed by atoms with van der Waals surface area (Å²) in [7, 11) is 0. The van der Waals surface area contributed by atoms with Crippen LogP contribution in [0.4, 0.5) is 4.79 Å². The van der Waals surface area contributed by atoms with Gasteiger partial charge in [-0.25, -0.2) is 4.79 Å². The van der Waals surface area contributed by atoms with E-state index in [1.54, 1.807) is 16.7 Å². The number of urea groups is 1. The van der Waals surface area contributed by atoms with E-state index in [-0.39, 0.29) is 24.5 Å². The molecular weight excluding hydrogens is 264 g/mol. The highest BCUT2D eigenvalue weighted by Gasteiger charge is 2.31. The average molecular weight is 286 g/mol. The first-order valence-corrected chi connectivity index (χ1v) is 8.08. The van der Waals surface area contributed by atoms with Crippen LogP contribution < -0.4 is 5.32 Å². The summed E-state index contributed by atoms with van der Waals surface area (Å²) in [6.07, 6.45) is 3.29. The van der Waals surface area contributed by atoms with Crippen LogP contribution >= 0.6 is 11.8 Å². The molecule has 6 heteroatoms. The second-order valence-corrected chi connectivity index (χ2v) is 6.73. The number of nitrogens with one attached hydrogen (secondary N) is 1. The zero-order valence-electron chi connectivity index (χ0n) is 11.3. The Balaban J connectivity index is 1.89. The smallest absolute Gasteiger partial charge is 0.317 e. The number of nitrogens with zero attached hydrogens (tertiary/aromatic N) is 1. The van der Waals surface area contributed by atoms with Gasteiger partial charge in [-0.3, -0.25) is 4.79 Å². The quantitative estimate of drug-likeness (QED) is 0.829. The fraction of sp³-hybridized carbons (Fsp3) is 0.846. The van der Waals surface area contributed by atoms with Crippen LogP contribution in [0.3, 0.4) is 0 Å². The molecule has 2 N–H and O–H groups in total. The van der Waals surface area contributed by atoms with E-state index >= 15 is 0 Å². The molecule has 19 heavy (non-hydrogen) atoms. The van der Waals surface area contributed by atoms with Gasteiger partial charge >= 0.3 is 12.0 Å². The summed E-state index contributed by atoms with van der Waals surface area (Å²) in [5.41, 5.74) is 0. The fourth-order valence-corrected chi connectivity index (χ4v) is 3.95. The van der Waals surface area contributed by atoms with Crippen molar-refractivity contribution in [2.75, 3.05) is 18.1 Å². The SMILES string of the molecule is CC1CCC(NC(=O)N2CCSCC2CC(=O)O)C1. The zero-order chi connectivity index (χ0) is 13.8. The normalized spacial score (nSPS) is 31.2. The standard InChI is InChI=1S/C13H22N2O3S/c1-9-2-3-10(6-9)14-13(18)15-4-5-19-8-11(15)7-12(16)17/h9-11H,2-8H2,1H3,(H,14,18)(H,16,17). The molecule has 0 aromatic heterocycles. The Labute approximate surface area is 118 Å². The summed E-state index contributed by atoms with van der Waals surface area (Å²) in [5.74, 6) is 1.46. The third kappa shape index (κ3) is 4.03. The Hall–Kier alpha value is -0.910. The Bertz CT molecular complexity index is 351. The van der Waals surface area contributed by atoms with Crippen molar-refractivity contribution >= 4 is 23.8 Å². The molecule has 1 saturated heterocycles. The average Bonchev–Trinajstić information content (AvgIpc) is 2.74. The van der Waals surface area contributed by atoms with Crippen molar-refractivity contribution in [3.63, 3.8) is 0 Å². The topological polar surface area (TPSA) is 69.6 Å². The van der Waals surface area contributed by atoms with E-state index in [2.05, 4.69) is 12.2 Å². The predicted octanol–water partition coefficient (Wildman–Crippen LogP) is 1.78. The Kier molecular flexibility index (Phi) is 4.96. The van der Waals surface area contributed by atoms with Crippen LogP contribution in [-0.2, 0) is 4.79 Å². The second-order valence-electron chi connectivity index (χ2n) is 5.58. The summed E-state index contributed by atoms with van der Waals surface area (Å²) in [6, 6.07) is 0.0169. The molecule has 1 heterocycles. The summed E-state index contributed by atoms with van der Waals surface area (Å²) in [4.78, 5) is 24.8. The highest BCUT2D eigenvalue weighted by molar-refractivity contribution is 7.99. The minimum atomic E-state index is -0.834. The monoisotopic (exact) mass is 286 g/mol. The lowest BCUT2D eigenvalue weighted by Gasteiger charge is -2.35. The molecule has 108 valence electrons. The lowest BCUT2D eigenvalue weighted by molar-refractivity contribution is -0.137. The van der Waals surface area contributed by atoms with Crippen LogP contribution in [0.15, 0.2) is 0 Å². The zero-order valence-corrected chi connectivity index (χ0v) is 12.1. The van der Waals surface area contributed by atoms with Crippen LogP contribution in [0.2, 0.25) is 0 Å². The molecule has 2 rings (SSSR count). The number of aliphatic carboxylic acids is 1. The Morgan fingerprint density at radius 2 is 2.21 bits per heavy atom. The van der Waals surface area contributed by atoms with Gasteiger partial charge in [0.2, 0.25) is 0 Å². The summed E-state index contributed by atoms with van der Waals surface area (Å²) < 4.78 is 0. The summed E-state index contributed by atoms with van der Waals surface area (Å²) >= 11 is 1.72. The highest BCUT2D eigenvalue weighted by atomic mass is 32.2. The molecule has 2 amide bonds. The third-order valence-electron chi connectivity index (χ3n) is 3.92. The molecule has 0 aromatic rings. The van der Waals surface area contributed by atoms with Crippen molar-refractivity contribution in [3.8, 4) is 0 Å².